The molecule has 2 N–H and O–H groups in total. The molecule has 1 amide bonds. The van der Waals surface area contributed by atoms with Gasteiger partial charge in [0.2, 0.25) is 0 Å². The molecular formula is C20H20N4O. The number of carbonyl (C=O) groups excluding carboxylic acids is 1. The van der Waals surface area contributed by atoms with E-state index in [1.807, 2.05) is 49.4 Å². The van der Waals surface area contributed by atoms with Crippen molar-refractivity contribution in [1.29, 1.82) is 0 Å². The van der Waals surface area contributed by atoms with E-state index in [9.17, 15) is 4.79 Å². The molecule has 126 valence electrons. The molecule has 1 atom stereocenters. The third-order valence-corrected chi connectivity index (χ3v) is 3.94. The van der Waals surface area contributed by atoms with Gasteiger partial charge in [-0.1, -0.05) is 43.3 Å². The van der Waals surface area contributed by atoms with Crippen molar-refractivity contribution in [1.82, 2.24) is 10.4 Å². The molecule has 0 saturated carbocycles. The molecule has 0 radical (unpaired) electrons. The van der Waals surface area contributed by atoms with E-state index < -0.39 is 0 Å². The number of hydrogen-bond acceptors (Lipinski definition) is 4. The van der Waals surface area contributed by atoms with Crippen molar-refractivity contribution in [3.63, 3.8) is 0 Å². The lowest BCUT2D eigenvalue weighted by Crippen LogP contribution is -2.36. The van der Waals surface area contributed by atoms with Gasteiger partial charge >= 0.3 is 0 Å². The second-order valence-electron chi connectivity index (χ2n) is 5.65. The second-order valence-corrected chi connectivity index (χ2v) is 5.65. The molecule has 5 heteroatoms. The number of benzene rings is 2. The monoisotopic (exact) mass is 332 g/mol. The van der Waals surface area contributed by atoms with Gasteiger partial charge < -0.3 is 5.32 Å². The predicted molar refractivity (Wildman–Crippen MR) is 102 cm³/mol. The fraction of sp³-hybridized carbons (Fsp3) is 0.150. The largest absolute Gasteiger partial charge is 0.373 e. The lowest BCUT2D eigenvalue weighted by Gasteiger charge is -2.18. The fourth-order valence-electron chi connectivity index (χ4n) is 2.59. The molecule has 0 aliphatic heterocycles. The highest BCUT2D eigenvalue weighted by molar-refractivity contribution is 5.96. The summed E-state index contributed by atoms with van der Waals surface area (Å²) in [5.41, 5.74) is 4.42. The number of hydrazone groups is 1. The molecule has 0 aliphatic rings. The number of carbonyl (C=O) groups is 1. The maximum Gasteiger partial charge on any atom is 0.262 e. The third kappa shape index (κ3) is 4.20. The smallest absolute Gasteiger partial charge is 0.262 e. The van der Waals surface area contributed by atoms with Crippen molar-refractivity contribution in [2.24, 2.45) is 5.10 Å². The van der Waals surface area contributed by atoms with Gasteiger partial charge in [-0.2, -0.15) is 5.10 Å². The van der Waals surface area contributed by atoms with Crippen LogP contribution in [0.5, 0.6) is 0 Å². The summed E-state index contributed by atoms with van der Waals surface area (Å²) >= 11 is 0. The summed E-state index contributed by atoms with van der Waals surface area (Å²) < 4.78 is 0. The Morgan fingerprint density at radius 2 is 1.88 bits per heavy atom. The summed E-state index contributed by atoms with van der Waals surface area (Å²) in [5.74, 6) is -0.166. The van der Waals surface area contributed by atoms with Crippen LogP contribution in [0.1, 0.15) is 18.9 Å². The van der Waals surface area contributed by atoms with Gasteiger partial charge in [-0.3, -0.25) is 9.78 Å². The van der Waals surface area contributed by atoms with Crippen LogP contribution in [0.2, 0.25) is 0 Å². The van der Waals surface area contributed by atoms with Crippen molar-refractivity contribution < 1.29 is 4.79 Å². The van der Waals surface area contributed by atoms with Crippen LogP contribution in [0.15, 0.2) is 72.1 Å². The molecule has 0 bridgehead atoms. The number of amides is 1. The molecule has 1 heterocycles. The maximum absolute atomic E-state index is 12.4. The van der Waals surface area contributed by atoms with E-state index in [4.69, 9.17) is 0 Å². The van der Waals surface area contributed by atoms with Gasteiger partial charge in [0.1, 0.15) is 6.04 Å². The summed E-state index contributed by atoms with van der Waals surface area (Å²) in [6, 6.07) is 17.4. The topological polar surface area (TPSA) is 66.4 Å². The van der Waals surface area contributed by atoms with E-state index in [1.165, 1.54) is 0 Å². The van der Waals surface area contributed by atoms with E-state index in [-0.39, 0.29) is 11.9 Å². The summed E-state index contributed by atoms with van der Waals surface area (Å²) in [5, 5.41) is 9.58. The second kappa shape index (κ2) is 8.06. The van der Waals surface area contributed by atoms with Crippen molar-refractivity contribution in [3.8, 4) is 0 Å². The Balaban J connectivity index is 1.69. The minimum atomic E-state index is -0.361. The van der Waals surface area contributed by atoms with E-state index in [0.29, 0.717) is 6.42 Å². The van der Waals surface area contributed by atoms with Crippen molar-refractivity contribution in [2.75, 3.05) is 5.32 Å². The van der Waals surface area contributed by atoms with Gasteiger partial charge in [0.25, 0.3) is 5.91 Å². The van der Waals surface area contributed by atoms with Crippen LogP contribution in [0.4, 0.5) is 5.69 Å². The van der Waals surface area contributed by atoms with Crippen LogP contribution in [-0.2, 0) is 4.79 Å². The molecule has 0 spiro atoms. The van der Waals surface area contributed by atoms with Gasteiger partial charge in [-0.25, -0.2) is 5.43 Å². The fourth-order valence-corrected chi connectivity index (χ4v) is 2.59. The Kier molecular flexibility index (Phi) is 5.36. The highest BCUT2D eigenvalue weighted by Gasteiger charge is 2.16. The molecule has 5 nitrogen and oxygen atoms in total. The first kappa shape index (κ1) is 16.6. The number of nitrogens with zero attached hydrogens (tertiary/aromatic N) is 2. The Morgan fingerprint density at radius 1 is 1.12 bits per heavy atom. The number of aromatic nitrogens is 1. The van der Waals surface area contributed by atoms with Crippen LogP contribution in [-0.4, -0.2) is 23.1 Å². The van der Waals surface area contributed by atoms with Crippen LogP contribution in [0, 0.1) is 0 Å². The number of nitrogens with one attached hydrogen (secondary N) is 2. The molecule has 0 aliphatic carbocycles. The first-order chi connectivity index (χ1) is 12.3. The van der Waals surface area contributed by atoms with Gasteiger partial charge in [-0.15, -0.1) is 0 Å². The molecule has 25 heavy (non-hydrogen) atoms. The van der Waals surface area contributed by atoms with Crippen molar-refractivity contribution in [3.05, 3.63) is 72.6 Å². The summed E-state index contributed by atoms with van der Waals surface area (Å²) in [6.45, 7) is 1.97. The number of pyridine rings is 1. The number of rotatable bonds is 6. The van der Waals surface area contributed by atoms with E-state index in [0.717, 1.165) is 22.0 Å². The Bertz CT molecular complexity index is 872. The normalized spacial score (nSPS) is 12.2. The molecule has 0 unspecified atom stereocenters. The quantitative estimate of drug-likeness (QED) is 0.536. The molecule has 0 saturated heterocycles. The molecule has 3 aromatic rings. The maximum atomic E-state index is 12.4. The van der Waals surface area contributed by atoms with Crippen LogP contribution >= 0.6 is 0 Å². The van der Waals surface area contributed by atoms with Crippen LogP contribution in [0.3, 0.4) is 0 Å². The zero-order valence-electron chi connectivity index (χ0n) is 14.0. The van der Waals surface area contributed by atoms with Gasteiger partial charge in [0.15, 0.2) is 0 Å². The highest BCUT2D eigenvalue weighted by atomic mass is 16.2. The van der Waals surface area contributed by atoms with E-state index >= 15 is 0 Å². The third-order valence-electron chi connectivity index (χ3n) is 3.94. The Morgan fingerprint density at radius 3 is 2.68 bits per heavy atom. The van der Waals surface area contributed by atoms with E-state index in [2.05, 4.69) is 33.0 Å². The summed E-state index contributed by atoms with van der Waals surface area (Å²) in [4.78, 5) is 16.3. The van der Waals surface area contributed by atoms with Gasteiger partial charge in [-0.05, 0) is 35.6 Å². The first-order valence-electron chi connectivity index (χ1n) is 8.25. The van der Waals surface area contributed by atoms with E-state index in [1.54, 1.807) is 18.6 Å². The lowest BCUT2D eigenvalue weighted by atomic mass is 10.1. The van der Waals surface area contributed by atoms with Gasteiger partial charge in [0.05, 0.1) is 6.21 Å². The number of fused-ring (bicyclic) bond motifs is 1. The predicted octanol–water partition coefficient (Wildman–Crippen LogP) is 3.58. The molecule has 0 fully saturated rings. The number of anilines is 1. The standard InChI is InChI=1S/C20H20N4O/c1-2-18(20(25)24-22-14-15-10-12-21-13-11-15)23-19-9-5-7-16-6-3-4-8-17(16)19/h3-14,18,23H,2H2,1H3,(H,24,25)/t18-/m0/s1. The Labute approximate surface area is 146 Å². The average Bonchev–Trinajstić information content (AvgIpc) is 2.67. The average molecular weight is 332 g/mol. The summed E-state index contributed by atoms with van der Waals surface area (Å²) in [7, 11) is 0. The molecule has 3 rings (SSSR count). The zero-order valence-corrected chi connectivity index (χ0v) is 14.0. The van der Waals surface area contributed by atoms with Crippen molar-refractivity contribution in [2.45, 2.75) is 19.4 Å². The minimum absolute atomic E-state index is 0.166. The molecule has 2 aromatic carbocycles. The SMILES string of the molecule is CC[C@H](Nc1cccc2ccccc12)C(=O)NN=Cc1ccncc1. The van der Waals surface area contributed by atoms with Crippen LogP contribution in [0.25, 0.3) is 10.8 Å². The molecular weight excluding hydrogens is 312 g/mol. The van der Waals surface area contributed by atoms with Crippen LogP contribution < -0.4 is 10.7 Å². The van der Waals surface area contributed by atoms with Gasteiger partial charge in [0, 0.05) is 23.5 Å². The zero-order chi connectivity index (χ0) is 17.5. The van der Waals surface area contributed by atoms with Crippen molar-refractivity contribution >= 4 is 28.6 Å². The summed E-state index contributed by atoms with van der Waals surface area (Å²) in [6.07, 6.45) is 5.62. The lowest BCUT2D eigenvalue weighted by molar-refractivity contribution is -0.121. The highest BCUT2D eigenvalue weighted by Crippen LogP contribution is 2.23. The minimum Gasteiger partial charge on any atom is -0.373 e. The molecule has 1 aromatic heterocycles. The Hall–Kier alpha value is -3.21. The first-order valence-corrected chi connectivity index (χ1v) is 8.25. The number of hydrogen-bond donors (Lipinski definition) is 2.